The second-order valence-corrected chi connectivity index (χ2v) is 4.91. The fourth-order valence-electron chi connectivity index (χ4n) is 0.823. The van der Waals surface area contributed by atoms with Crippen LogP contribution in [0, 0.1) is 0 Å². The van der Waals surface area contributed by atoms with Crippen molar-refractivity contribution in [1.29, 1.82) is 0 Å². The van der Waals surface area contributed by atoms with Crippen LogP contribution in [0.25, 0.3) is 0 Å². The standard InChI is InChI=1S/3C5H5F3O2.Fe/c3*1-3(9)2-4(10)5(6,7)8;/h3*2,10H,1H3;/b2*4-2+;4-2-;. The fraction of sp³-hybridized carbons (Fsp3) is 0.400. The Balaban J connectivity index is -0.000000174. The molecule has 0 heterocycles. The molecule has 16 heteroatoms. The van der Waals surface area contributed by atoms with Crippen molar-refractivity contribution < 1.29 is 86.3 Å². The first-order valence-electron chi connectivity index (χ1n) is 6.97. The Labute approximate surface area is 179 Å². The number of allylic oxidation sites excluding steroid dienone is 6. The molecule has 0 aromatic heterocycles. The molecule has 0 atom stereocenters. The predicted octanol–water partition coefficient (Wildman–Crippen LogP) is 4.74. The Hall–Kier alpha value is -2.48. The molecule has 6 nitrogen and oxygen atoms in total. The third-order valence-electron chi connectivity index (χ3n) is 1.89. The maximum Gasteiger partial charge on any atom is 0.448 e. The number of aliphatic hydroxyl groups excluding tert-OH is 3. The van der Waals surface area contributed by atoms with Gasteiger partial charge in [-0.2, -0.15) is 39.5 Å². The molecule has 0 saturated carbocycles. The monoisotopic (exact) mass is 518 g/mol. The zero-order valence-corrected chi connectivity index (χ0v) is 16.7. The maximum absolute atomic E-state index is 11.3. The molecule has 0 radical (unpaired) electrons. The van der Waals surface area contributed by atoms with Crippen LogP contribution in [0.4, 0.5) is 39.5 Å². The van der Waals surface area contributed by atoms with Gasteiger partial charge in [0, 0.05) is 35.3 Å². The molecule has 0 aromatic carbocycles. The molecule has 31 heavy (non-hydrogen) atoms. The zero-order valence-electron chi connectivity index (χ0n) is 15.6. The molecular weight excluding hydrogens is 503 g/mol. The summed E-state index contributed by atoms with van der Waals surface area (Å²) in [4.78, 5) is 29.9. The summed E-state index contributed by atoms with van der Waals surface area (Å²) in [5.41, 5.74) is 0. The summed E-state index contributed by atoms with van der Waals surface area (Å²) in [6, 6.07) is 0. The number of ketones is 3. The van der Waals surface area contributed by atoms with E-state index >= 15 is 0 Å². The van der Waals surface area contributed by atoms with Gasteiger partial charge in [-0.3, -0.25) is 14.4 Å². The second kappa shape index (κ2) is 14.5. The van der Waals surface area contributed by atoms with Crippen LogP contribution in [0.1, 0.15) is 20.8 Å². The quantitative estimate of drug-likeness (QED) is 0.216. The molecule has 0 amide bonds. The van der Waals surface area contributed by atoms with Crippen molar-refractivity contribution in [3.63, 3.8) is 0 Å². The van der Waals surface area contributed by atoms with Crippen LogP contribution in [-0.4, -0.2) is 51.2 Å². The van der Waals surface area contributed by atoms with Crippen LogP contribution in [0.15, 0.2) is 35.5 Å². The first-order valence-corrected chi connectivity index (χ1v) is 6.97. The van der Waals surface area contributed by atoms with E-state index in [1.54, 1.807) is 0 Å². The van der Waals surface area contributed by atoms with Gasteiger partial charge in [-0.05, 0) is 20.8 Å². The van der Waals surface area contributed by atoms with E-state index < -0.39 is 53.2 Å². The van der Waals surface area contributed by atoms with Gasteiger partial charge in [0.2, 0.25) is 17.3 Å². The topological polar surface area (TPSA) is 112 Å². The summed E-state index contributed by atoms with van der Waals surface area (Å²) in [5, 5.41) is 24.2. The van der Waals surface area contributed by atoms with Crippen molar-refractivity contribution in [3.8, 4) is 0 Å². The van der Waals surface area contributed by atoms with Crippen molar-refractivity contribution in [3.05, 3.63) is 35.5 Å². The number of halogens is 9. The van der Waals surface area contributed by atoms with E-state index in [1.165, 1.54) is 0 Å². The van der Waals surface area contributed by atoms with Crippen molar-refractivity contribution in [2.24, 2.45) is 0 Å². The van der Waals surface area contributed by atoms with Crippen LogP contribution in [0.5, 0.6) is 0 Å². The van der Waals surface area contributed by atoms with Crippen molar-refractivity contribution in [2.75, 3.05) is 0 Å². The molecular formula is C15H15F9FeO6. The number of alkyl halides is 9. The molecule has 0 aliphatic carbocycles. The number of carbonyl (C=O) groups excluding carboxylic acids is 3. The Kier molecular flexibility index (Phi) is 16.8. The van der Waals surface area contributed by atoms with Crippen molar-refractivity contribution in [2.45, 2.75) is 39.3 Å². The van der Waals surface area contributed by atoms with Crippen LogP contribution < -0.4 is 0 Å². The van der Waals surface area contributed by atoms with E-state index in [9.17, 15) is 53.9 Å². The molecule has 0 saturated heterocycles. The number of carbonyl (C=O) groups is 3. The minimum atomic E-state index is -4.81. The van der Waals surface area contributed by atoms with E-state index in [0.29, 0.717) is 0 Å². The van der Waals surface area contributed by atoms with Crippen LogP contribution >= 0.6 is 0 Å². The minimum absolute atomic E-state index is 0. The molecule has 182 valence electrons. The molecule has 0 spiro atoms. The van der Waals surface area contributed by atoms with Gasteiger partial charge in [-0.1, -0.05) is 0 Å². The normalized spacial score (nSPS) is 13.0. The summed E-state index contributed by atoms with van der Waals surface area (Å²) in [6.07, 6.45) is -14.1. The minimum Gasteiger partial charge on any atom is -0.504 e. The molecule has 0 aliphatic rings. The largest absolute Gasteiger partial charge is 0.504 e. The van der Waals surface area contributed by atoms with Gasteiger partial charge in [-0.25, -0.2) is 0 Å². The van der Waals surface area contributed by atoms with Gasteiger partial charge in [0.15, 0.2) is 17.3 Å². The molecule has 0 aromatic rings. The van der Waals surface area contributed by atoms with Crippen LogP contribution in [0.2, 0.25) is 0 Å². The number of hydrogen-bond acceptors (Lipinski definition) is 6. The maximum atomic E-state index is 11.3. The van der Waals surface area contributed by atoms with Gasteiger partial charge >= 0.3 is 18.5 Å². The van der Waals surface area contributed by atoms with Gasteiger partial charge in [0.1, 0.15) is 0 Å². The molecule has 0 bridgehead atoms. The Morgan fingerprint density at radius 3 is 0.677 bits per heavy atom. The van der Waals surface area contributed by atoms with E-state index in [4.69, 9.17) is 15.3 Å². The third-order valence-corrected chi connectivity index (χ3v) is 1.89. The first-order chi connectivity index (χ1) is 13.0. The van der Waals surface area contributed by atoms with Gasteiger partial charge in [0.25, 0.3) is 0 Å². The Bertz CT molecular complexity index is 606. The van der Waals surface area contributed by atoms with E-state index in [0.717, 1.165) is 20.8 Å². The zero-order chi connectivity index (χ0) is 25.1. The van der Waals surface area contributed by atoms with Crippen LogP contribution in [-0.2, 0) is 31.5 Å². The Morgan fingerprint density at radius 2 is 0.645 bits per heavy atom. The third kappa shape index (κ3) is 23.7. The van der Waals surface area contributed by atoms with Crippen molar-refractivity contribution >= 4 is 17.3 Å². The molecule has 0 aliphatic heterocycles. The van der Waals surface area contributed by atoms with Crippen molar-refractivity contribution in [1.82, 2.24) is 0 Å². The second-order valence-electron chi connectivity index (χ2n) is 4.91. The first kappa shape index (κ1) is 35.9. The van der Waals surface area contributed by atoms with Gasteiger partial charge in [-0.15, -0.1) is 0 Å². The number of rotatable bonds is 3. The number of aliphatic hydroxyl groups is 3. The smallest absolute Gasteiger partial charge is 0.448 e. The van der Waals surface area contributed by atoms with E-state index in [2.05, 4.69) is 0 Å². The predicted molar refractivity (Wildman–Crippen MR) is 82.3 cm³/mol. The van der Waals surface area contributed by atoms with E-state index in [-0.39, 0.29) is 35.3 Å². The van der Waals surface area contributed by atoms with Gasteiger partial charge in [0.05, 0.1) is 0 Å². The molecule has 0 fully saturated rings. The van der Waals surface area contributed by atoms with E-state index in [1.807, 2.05) is 0 Å². The Morgan fingerprint density at radius 1 is 0.516 bits per heavy atom. The SMILES string of the molecule is CC(=O)/C=C(/O)C(F)(F)F.CC(=O)/C=C(/O)C(F)(F)F.CC(=O)/C=C(\O)C(F)(F)F.[Fe]. The molecule has 0 rings (SSSR count). The summed E-state index contributed by atoms with van der Waals surface area (Å²) >= 11 is 0. The average Bonchev–Trinajstić information content (AvgIpc) is 2.43. The summed E-state index contributed by atoms with van der Waals surface area (Å²) in [7, 11) is 0. The molecule has 3 N–H and O–H groups in total. The van der Waals surface area contributed by atoms with Crippen LogP contribution in [0.3, 0.4) is 0 Å². The van der Waals surface area contributed by atoms with Gasteiger partial charge < -0.3 is 15.3 Å². The number of hydrogen-bond donors (Lipinski definition) is 3. The fourth-order valence-corrected chi connectivity index (χ4v) is 0.823. The molecule has 0 unspecified atom stereocenters. The summed E-state index contributed by atoms with van der Waals surface area (Å²) < 4.78 is 102. The summed E-state index contributed by atoms with van der Waals surface area (Å²) in [6.45, 7) is 2.76. The average molecular weight is 518 g/mol. The summed E-state index contributed by atoms with van der Waals surface area (Å²) in [5.74, 6) is -8.10.